The van der Waals surface area contributed by atoms with Crippen molar-refractivity contribution < 1.29 is 14.4 Å². The van der Waals surface area contributed by atoms with Gasteiger partial charge in [0.25, 0.3) is 0 Å². The maximum absolute atomic E-state index is 13.1. The molecule has 5 fully saturated rings. The zero-order valence-electron chi connectivity index (χ0n) is 16.3. The van der Waals surface area contributed by atoms with Crippen LogP contribution < -0.4 is 0 Å². The van der Waals surface area contributed by atoms with Crippen LogP contribution in [0.4, 0.5) is 0 Å². The molecule has 6 atom stereocenters. The van der Waals surface area contributed by atoms with Gasteiger partial charge in [-0.3, -0.25) is 19.3 Å². The predicted octanol–water partition coefficient (Wildman–Crippen LogP) is 2.49. The number of fused-ring (bicyclic) bond motifs is 5. The number of ketones is 1. The number of hydrogen-bond donors (Lipinski definition) is 0. The predicted molar refractivity (Wildman–Crippen MR) is 101 cm³/mol. The highest BCUT2D eigenvalue weighted by atomic mass is 16.2. The van der Waals surface area contributed by atoms with Gasteiger partial charge in [0.2, 0.25) is 11.8 Å². The van der Waals surface area contributed by atoms with E-state index in [9.17, 15) is 14.4 Å². The topological polar surface area (TPSA) is 57.7 Å². The number of Topliss-reactive ketones (excluding diaryl/α,β-unsaturated/α-hetero) is 1. The fourth-order valence-corrected chi connectivity index (χ4v) is 6.97. The van der Waals surface area contributed by atoms with E-state index < -0.39 is 0 Å². The summed E-state index contributed by atoms with van der Waals surface area (Å²) in [6.07, 6.45) is 9.59. The molecule has 5 nitrogen and oxygen atoms in total. The molecule has 0 aromatic rings. The molecule has 0 N–H and O–H groups in total. The van der Waals surface area contributed by atoms with Gasteiger partial charge in [-0.2, -0.15) is 0 Å². The largest absolute Gasteiger partial charge is 0.302 e. The first-order valence-corrected chi connectivity index (χ1v) is 11.2. The Morgan fingerprint density at radius 3 is 1.89 bits per heavy atom. The van der Waals surface area contributed by atoms with Crippen LogP contribution in [0.5, 0.6) is 0 Å². The fourth-order valence-electron chi connectivity index (χ4n) is 6.97. The highest BCUT2D eigenvalue weighted by molar-refractivity contribution is 6.06. The lowest BCUT2D eigenvalue weighted by Gasteiger charge is -2.38. The zero-order valence-corrected chi connectivity index (χ0v) is 16.3. The van der Waals surface area contributed by atoms with Gasteiger partial charge < -0.3 is 4.90 Å². The van der Waals surface area contributed by atoms with Crippen LogP contribution in [0.1, 0.15) is 57.8 Å². The van der Waals surface area contributed by atoms with Crippen LogP contribution in [-0.2, 0) is 14.4 Å². The number of amides is 2. The third-order valence-corrected chi connectivity index (χ3v) is 8.41. The second kappa shape index (κ2) is 6.98. The van der Waals surface area contributed by atoms with Gasteiger partial charge in [-0.15, -0.1) is 0 Å². The number of piperidine rings is 1. The third-order valence-electron chi connectivity index (χ3n) is 8.41. The summed E-state index contributed by atoms with van der Waals surface area (Å²) < 4.78 is 0. The zero-order chi connectivity index (χ0) is 18.5. The lowest BCUT2D eigenvalue weighted by molar-refractivity contribution is -0.142. The van der Waals surface area contributed by atoms with Crippen molar-refractivity contribution in [1.29, 1.82) is 0 Å². The van der Waals surface area contributed by atoms with E-state index in [1.165, 1.54) is 19.3 Å². The standard InChI is InChI=1S/C22H32N2O3/c25-18-7-9-23(10-8-18)12-16-3-1-2-4-17(16)13-24-21(26)19-14-5-6-15(11-14)20(19)22(24)27/h14-17,19-20H,1-13H2. The molecule has 0 radical (unpaired) electrons. The Hall–Kier alpha value is -1.23. The molecule has 3 saturated carbocycles. The van der Waals surface area contributed by atoms with Crippen molar-refractivity contribution in [2.75, 3.05) is 26.2 Å². The van der Waals surface area contributed by atoms with Crippen molar-refractivity contribution in [3.63, 3.8) is 0 Å². The summed E-state index contributed by atoms with van der Waals surface area (Å²) in [5.74, 6) is 2.71. The van der Waals surface area contributed by atoms with Gasteiger partial charge in [-0.05, 0) is 55.8 Å². The number of carbonyl (C=O) groups excluding carboxylic acids is 3. The molecule has 3 aliphatic carbocycles. The normalized spacial score (nSPS) is 42.2. The molecule has 5 rings (SSSR count). The SMILES string of the molecule is O=C1CCN(CC2CCCCC2CN2C(=O)C3C4CCC(C4)C3C2=O)CC1. The third kappa shape index (κ3) is 3.06. The first-order valence-electron chi connectivity index (χ1n) is 11.2. The van der Waals surface area contributed by atoms with E-state index in [4.69, 9.17) is 0 Å². The summed E-state index contributed by atoms with van der Waals surface area (Å²) in [4.78, 5) is 41.7. The molecule has 2 amide bonds. The summed E-state index contributed by atoms with van der Waals surface area (Å²) in [5, 5.41) is 0. The first kappa shape index (κ1) is 17.8. The van der Waals surface area contributed by atoms with Gasteiger partial charge in [-0.1, -0.05) is 12.8 Å². The minimum absolute atomic E-state index is 0.0198. The molecular weight excluding hydrogens is 340 g/mol. The van der Waals surface area contributed by atoms with Gasteiger partial charge in [-0.25, -0.2) is 0 Å². The lowest BCUT2D eigenvalue weighted by Crippen LogP contribution is -2.44. The molecular formula is C22H32N2O3. The fraction of sp³-hybridized carbons (Fsp3) is 0.864. The molecule has 5 aliphatic rings. The van der Waals surface area contributed by atoms with Crippen LogP contribution in [0.25, 0.3) is 0 Å². The quantitative estimate of drug-likeness (QED) is 0.712. The van der Waals surface area contributed by atoms with Crippen molar-refractivity contribution in [1.82, 2.24) is 9.80 Å². The average molecular weight is 373 g/mol. The maximum atomic E-state index is 13.1. The number of imide groups is 1. The van der Waals surface area contributed by atoms with Crippen LogP contribution in [0, 0.1) is 35.5 Å². The molecule has 148 valence electrons. The molecule has 27 heavy (non-hydrogen) atoms. The Balaban J connectivity index is 1.25. The van der Waals surface area contributed by atoms with Crippen LogP contribution in [0.3, 0.4) is 0 Å². The Morgan fingerprint density at radius 2 is 1.30 bits per heavy atom. The lowest BCUT2D eigenvalue weighted by atomic mass is 9.78. The van der Waals surface area contributed by atoms with E-state index in [-0.39, 0.29) is 23.7 Å². The first-order chi connectivity index (χ1) is 13.1. The molecule has 2 heterocycles. The summed E-state index contributed by atoms with van der Waals surface area (Å²) in [7, 11) is 0. The van der Waals surface area contributed by atoms with Gasteiger partial charge >= 0.3 is 0 Å². The molecule has 2 bridgehead atoms. The number of likely N-dealkylation sites (tertiary alicyclic amines) is 2. The van der Waals surface area contributed by atoms with Crippen LogP contribution in [0.15, 0.2) is 0 Å². The number of nitrogens with zero attached hydrogens (tertiary/aromatic N) is 2. The Morgan fingerprint density at radius 1 is 0.741 bits per heavy atom. The second-order valence-corrected chi connectivity index (χ2v) is 9.82. The summed E-state index contributed by atoms with van der Waals surface area (Å²) in [6, 6.07) is 0. The second-order valence-electron chi connectivity index (χ2n) is 9.82. The summed E-state index contributed by atoms with van der Waals surface area (Å²) in [5.41, 5.74) is 0. The Labute approximate surface area is 161 Å². The Bertz CT molecular complexity index is 609. The molecule has 6 unspecified atom stereocenters. The smallest absolute Gasteiger partial charge is 0.233 e. The van der Waals surface area contributed by atoms with Crippen molar-refractivity contribution in [3.05, 3.63) is 0 Å². The van der Waals surface area contributed by atoms with Crippen LogP contribution in [-0.4, -0.2) is 53.6 Å². The van der Waals surface area contributed by atoms with E-state index in [1.54, 1.807) is 4.90 Å². The molecule has 2 aliphatic heterocycles. The highest BCUT2D eigenvalue weighted by Gasteiger charge is 2.61. The number of carbonyl (C=O) groups is 3. The van der Waals surface area contributed by atoms with E-state index in [0.29, 0.717) is 48.8 Å². The molecule has 0 aromatic carbocycles. The van der Waals surface area contributed by atoms with Crippen LogP contribution >= 0.6 is 0 Å². The van der Waals surface area contributed by atoms with Crippen molar-refractivity contribution >= 4 is 17.6 Å². The van der Waals surface area contributed by atoms with E-state index in [2.05, 4.69) is 4.90 Å². The Kier molecular flexibility index (Phi) is 4.61. The van der Waals surface area contributed by atoms with E-state index >= 15 is 0 Å². The van der Waals surface area contributed by atoms with Crippen LogP contribution in [0.2, 0.25) is 0 Å². The minimum Gasteiger partial charge on any atom is -0.302 e. The van der Waals surface area contributed by atoms with Gasteiger partial charge in [0.05, 0.1) is 11.8 Å². The van der Waals surface area contributed by atoms with E-state index in [0.717, 1.165) is 45.3 Å². The summed E-state index contributed by atoms with van der Waals surface area (Å²) >= 11 is 0. The monoisotopic (exact) mass is 372 g/mol. The molecule has 0 spiro atoms. The maximum Gasteiger partial charge on any atom is 0.233 e. The average Bonchev–Trinajstić information content (AvgIpc) is 3.35. The van der Waals surface area contributed by atoms with Crippen molar-refractivity contribution in [2.45, 2.75) is 57.8 Å². The number of hydrogen-bond acceptors (Lipinski definition) is 4. The number of rotatable bonds is 4. The van der Waals surface area contributed by atoms with Gasteiger partial charge in [0.15, 0.2) is 0 Å². The molecule has 5 heteroatoms. The molecule has 2 saturated heterocycles. The van der Waals surface area contributed by atoms with Gasteiger partial charge in [0.1, 0.15) is 5.78 Å². The van der Waals surface area contributed by atoms with Crippen molar-refractivity contribution in [3.8, 4) is 0 Å². The molecule has 0 aromatic heterocycles. The van der Waals surface area contributed by atoms with Gasteiger partial charge in [0, 0.05) is 39.0 Å². The summed E-state index contributed by atoms with van der Waals surface area (Å²) in [6.45, 7) is 3.46. The minimum atomic E-state index is 0.0198. The highest BCUT2D eigenvalue weighted by Crippen LogP contribution is 2.56. The van der Waals surface area contributed by atoms with E-state index in [1.807, 2.05) is 0 Å². The van der Waals surface area contributed by atoms with Crippen molar-refractivity contribution in [2.24, 2.45) is 35.5 Å².